The van der Waals surface area contributed by atoms with E-state index in [-0.39, 0.29) is 5.82 Å². The van der Waals surface area contributed by atoms with Gasteiger partial charge >= 0.3 is 0 Å². The highest BCUT2D eigenvalue weighted by atomic mass is 32.2. The van der Waals surface area contributed by atoms with Crippen molar-refractivity contribution < 1.29 is 13.9 Å². The zero-order valence-electron chi connectivity index (χ0n) is 15.8. The van der Waals surface area contributed by atoms with Gasteiger partial charge in [-0.3, -0.25) is 0 Å². The first-order valence-corrected chi connectivity index (χ1v) is 9.85. The van der Waals surface area contributed by atoms with Crippen LogP contribution in [0.15, 0.2) is 59.8 Å². The summed E-state index contributed by atoms with van der Waals surface area (Å²) in [7, 11) is 1.68. The van der Waals surface area contributed by atoms with Crippen LogP contribution in [0.1, 0.15) is 12.0 Å². The second-order valence-corrected chi connectivity index (χ2v) is 7.11. The lowest BCUT2D eigenvalue weighted by Crippen LogP contribution is -2.00. The Morgan fingerprint density at radius 1 is 1.14 bits per heavy atom. The Bertz CT molecular complexity index is 975. The van der Waals surface area contributed by atoms with E-state index in [0.717, 1.165) is 17.1 Å². The van der Waals surface area contributed by atoms with Gasteiger partial charge in [-0.25, -0.2) is 14.4 Å². The molecule has 0 radical (unpaired) electrons. The first kappa shape index (κ1) is 20.6. The van der Waals surface area contributed by atoms with Crippen molar-refractivity contribution in [3.8, 4) is 17.6 Å². The van der Waals surface area contributed by atoms with Gasteiger partial charge in [0.1, 0.15) is 23.5 Å². The van der Waals surface area contributed by atoms with E-state index in [1.54, 1.807) is 49.3 Å². The van der Waals surface area contributed by atoms with E-state index in [9.17, 15) is 4.39 Å². The van der Waals surface area contributed by atoms with Crippen LogP contribution in [0.5, 0.6) is 11.5 Å². The zero-order valence-corrected chi connectivity index (χ0v) is 16.6. The molecule has 0 atom stereocenters. The van der Waals surface area contributed by atoms with E-state index in [1.807, 2.05) is 12.1 Å². The van der Waals surface area contributed by atoms with Crippen LogP contribution < -0.4 is 10.1 Å². The fourth-order valence-electron chi connectivity index (χ4n) is 2.36. The molecule has 0 bridgehead atoms. The number of nitrogens with one attached hydrogen (secondary N) is 1. The summed E-state index contributed by atoms with van der Waals surface area (Å²) in [6.45, 7) is 0.698. The SMILES string of the molecule is COCCCSc1cnc(Nc2ccc(C#N)cn2)c(Oc2ccc(F)cc2)c1. The number of rotatable bonds is 9. The smallest absolute Gasteiger partial charge is 0.175 e. The lowest BCUT2D eigenvalue weighted by Gasteiger charge is -2.13. The van der Waals surface area contributed by atoms with Crippen molar-refractivity contribution >= 4 is 23.4 Å². The van der Waals surface area contributed by atoms with Crippen LogP contribution in [-0.4, -0.2) is 29.4 Å². The van der Waals surface area contributed by atoms with Crippen molar-refractivity contribution in [1.29, 1.82) is 5.26 Å². The number of halogens is 1. The lowest BCUT2D eigenvalue weighted by molar-refractivity contribution is 0.200. The Morgan fingerprint density at radius 3 is 2.66 bits per heavy atom. The highest BCUT2D eigenvalue weighted by molar-refractivity contribution is 7.99. The topological polar surface area (TPSA) is 80.1 Å². The van der Waals surface area contributed by atoms with Gasteiger partial charge in [-0.1, -0.05) is 0 Å². The third-order valence-corrected chi connectivity index (χ3v) is 4.82. The number of aromatic nitrogens is 2. The fraction of sp³-hybridized carbons (Fsp3) is 0.190. The molecule has 0 unspecified atom stereocenters. The van der Waals surface area contributed by atoms with Crippen LogP contribution in [0.25, 0.3) is 0 Å². The number of hydrogen-bond acceptors (Lipinski definition) is 7. The molecule has 0 saturated heterocycles. The summed E-state index contributed by atoms with van der Waals surface area (Å²) in [5, 5.41) is 12.0. The average Bonchev–Trinajstić information content (AvgIpc) is 2.75. The van der Waals surface area contributed by atoms with Gasteiger partial charge < -0.3 is 14.8 Å². The molecule has 0 aliphatic carbocycles. The second-order valence-electron chi connectivity index (χ2n) is 5.94. The van der Waals surface area contributed by atoms with E-state index >= 15 is 0 Å². The molecule has 2 heterocycles. The number of nitriles is 1. The van der Waals surface area contributed by atoms with E-state index in [1.165, 1.54) is 18.3 Å². The van der Waals surface area contributed by atoms with Crippen molar-refractivity contribution in [2.45, 2.75) is 11.3 Å². The average molecular weight is 410 g/mol. The minimum Gasteiger partial charge on any atom is -0.453 e. The minimum atomic E-state index is -0.335. The molecular formula is C21H19FN4O2S. The molecule has 0 amide bonds. The molecule has 1 N–H and O–H groups in total. The van der Waals surface area contributed by atoms with Gasteiger partial charge in [-0.05, 0) is 48.9 Å². The first-order chi connectivity index (χ1) is 14.2. The maximum Gasteiger partial charge on any atom is 0.175 e. The highest BCUT2D eigenvalue weighted by Crippen LogP contribution is 2.33. The Hall–Kier alpha value is -3.15. The maximum absolute atomic E-state index is 13.2. The molecule has 148 valence electrons. The van der Waals surface area contributed by atoms with Crippen molar-refractivity contribution in [2.75, 3.05) is 24.8 Å². The number of ether oxygens (including phenoxy) is 2. The standard InChI is InChI=1S/C21H19FN4O2S/c1-27-9-2-10-29-18-11-19(28-17-6-4-16(22)5-7-17)21(25-14-18)26-20-8-3-15(12-23)13-24-20/h3-8,11,13-14H,2,9-10H2,1H3,(H,24,25,26). The van der Waals surface area contributed by atoms with Crippen LogP contribution in [-0.2, 0) is 4.74 Å². The first-order valence-electron chi connectivity index (χ1n) is 8.86. The monoisotopic (exact) mass is 410 g/mol. The van der Waals surface area contributed by atoms with Gasteiger partial charge in [0, 0.05) is 36.8 Å². The Labute approximate surface area is 172 Å². The molecule has 2 aromatic heterocycles. The molecule has 6 nitrogen and oxygen atoms in total. The van der Waals surface area contributed by atoms with Gasteiger partial charge in [-0.2, -0.15) is 5.26 Å². The number of anilines is 2. The van der Waals surface area contributed by atoms with Gasteiger partial charge in [-0.15, -0.1) is 11.8 Å². The predicted molar refractivity (Wildman–Crippen MR) is 110 cm³/mol. The van der Waals surface area contributed by atoms with Crippen molar-refractivity contribution in [2.24, 2.45) is 0 Å². The summed E-state index contributed by atoms with van der Waals surface area (Å²) in [4.78, 5) is 9.60. The van der Waals surface area contributed by atoms with Crippen LogP contribution in [0, 0.1) is 17.1 Å². The van der Waals surface area contributed by atoms with Gasteiger partial charge in [0.15, 0.2) is 11.6 Å². The third kappa shape index (κ3) is 6.17. The van der Waals surface area contributed by atoms with Crippen molar-refractivity contribution in [3.63, 3.8) is 0 Å². The number of hydrogen-bond donors (Lipinski definition) is 1. The molecular weight excluding hydrogens is 391 g/mol. The molecule has 0 aliphatic rings. The summed E-state index contributed by atoms with van der Waals surface area (Å²) in [6.07, 6.45) is 4.15. The number of methoxy groups -OCH3 is 1. The van der Waals surface area contributed by atoms with E-state index in [4.69, 9.17) is 14.7 Å². The molecule has 0 fully saturated rings. The van der Waals surface area contributed by atoms with Crippen LogP contribution >= 0.6 is 11.8 Å². The molecule has 8 heteroatoms. The van der Waals surface area contributed by atoms with Crippen LogP contribution in [0.4, 0.5) is 16.0 Å². The Balaban J connectivity index is 1.82. The summed E-state index contributed by atoms with van der Waals surface area (Å²) in [5.74, 6) is 2.52. The van der Waals surface area contributed by atoms with E-state index < -0.39 is 0 Å². The lowest BCUT2D eigenvalue weighted by atomic mass is 10.3. The number of nitrogens with zero attached hydrogens (tertiary/aromatic N) is 3. The Morgan fingerprint density at radius 2 is 1.97 bits per heavy atom. The Kier molecular flexibility index (Phi) is 7.39. The minimum absolute atomic E-state index is 0.335. The van der Waals surface area contributed by atoms with E-state index in [2.05, 4.69) is 15.3 Å². The van der Waals surface area contributed by atoms with E-state index in [0.29, 0.717) is 35.3 Å². The van der Waals surface area contributed by atoms with Crippen molar-refractivity contribution in [1.82, 2.24) is 9.97 Å². The fourth-order valence-corrected chi connectivity index (χ4v) is 3.17. The second kappa shape index (κ2) is 10.4. The molecule has 29 heavy (non-hydrogen) atoms. The summed E-state index contributed by atoms with van der Waals surface area (Å²) in [5.41, 5.74) is 0.467. The largest absolute Gasteiger partial charge is 0.453 e. The molecule has 1 aromatic carbocycles. The summed E-state index contributed by atoms with van der Waals surface area (Å²) >= 11 is 1.65. The number of pyridine rings is 2. The molecule has 3 rings (SSSR count). The van der Waals surface area contributed by atoms with Gasteiger partial charge in [0.25, 0.3) is 0 Å². The normalized spacial score (nSPS) is 10.4. The molecule has 0 aliphatic heterocycles. The molecule has 3 aromatic rings. The zero-order chi connectivity index (χ0) is 20.5. The highest BCUT2D eigenvalue weighted by Gasteiger charge is 2.11. The van der Waals surface area contributed by atoms with Gasteiger partial charge in [0.05, 0.1) is 5.56 Å². The van der Waals surface area contributed by atoms with Crippen LogP contribution in [0.2, 0.25) is 0 Å². The maximum atomic E-state index is 13.2. The third-order valence-electron chi connectivity index (χ3n) is 3.77. The summed E-state index contributed by atoms with van der Waals surface area (Å²) in [6, 6.07) is 13.0. The molecule has 0 saturated carbocycles. The number of benzene rings is 1. The summed E-state index contributed by atoms with van der Waals surface area (Å²) < 4.78 is 24.2. The van der Waals surface area contributed by atoms with Crippen molar-refractivity contribution in [3.05, 3.63) is 66.2 Å². The quantitative estimate of drug-likeness (QED) is 0.386. The molecule has 0 spiro atoms. The van der Waals surface area contributed by atoms with Gasteiger partial charge in [0.2, 0.25) is 0 Å². The van der Waals surface area contributed by atoms with Crippen LogP contribution in [0.3, 0.4) is 0 Å². The number of thioether (sulfide) groups is 1. The predicted octanol–water partition coefficient (Wildman–Crippen LogP) is 5.15.